The second-order valence-electron chi connectivity index (χ2n) is 13.7. The number of hydrogen-bond donors (Lipinski definition) is 2. The molecule has 0 radical (unpaired) electrons. The average Bonchev–Trinajstić information content (AvgIpc) is 3.24. The topological polar surface area (TPSA) is 136 Å². The number of pyridine rings is 2. The molecule has 1 saturated heterocycles. The molecule has 7 rings (SSSR count). The summed E-state index contributed by atoms with van der Waals surface area (Å²) in [5, 5.41) is 6.91. The predicted molar refractivity (Wildman–Crippen MR) is 220 cm³/mol. The van der Waals surface area contributed by atoms with Crippen LogP contribution in [-0.2, 0) is 19.4 Å². The first kappa shape index (κ1) is 38.0. The summed E-state index contributed by atoms with van der Waals surface area (Å²) in [6.45, 7) is 7.26. The zero-order valence-corrected chi connectivity index (χ0v) is 32.4. The number of aromatic nitrogens is 6. The highest BCUT2D eigenvalue weighted by atomic mass is 16.5. The van der Waals surface area contributed by atoms with Crippen molar-refractivity contribution in [2.75, 3.05) is 76.1 Å². The molecule has 0 saturated carbocycles. The highest BCUT2D eigenvalue weighted by Crippen LogP contribution is 2.29. The minimum atomic E-state index is 0.261. The van der Waals surface area contributed by atoms with Crippen LogP contribution in [0.1, 0.15) is 22.5 Å². The highest BCUT2D eigenvalue weighted by Gasteiger charge is 2.18. The van der Waals surface area contributed by atoms with Gasteiger partial charge in [-0.1, -0.05) is 24.3 Å². The standard InChI is InChI=1S/C43H48N10O3/c1-30-9-10-33(26-46-30)37-24-41(49-28-47-37)45-16-14-32-11-12-36(54-3)23-40(32)56-27-35-21-34(22-43(51-35)53-19-17-52(2)18-20-53)38-25-42(50-29-48-38)44-15-13-31-7-5-6-8-39(31)55-4/h5-12,21-26,28-29H,13-20,27H2,1-4H3,(H,44,48,50)(H,45,47,49). The van der Waals surface area contributed by atoms with Crippen LogP contribution in [0.3, 0.4) is 0 Å². The molecule has 1 aliphatic heterocycles. The van der Waals surface area contributed by atoms with E-state index >= 15 is 0 Å². The summed E-state index contributed by atoms with van der Waals surface area (Å²) in [6.07, 6.45) is 6.49. The quantitative estimate of drug-likeness (QED) is 0.114. The molecule has 0 spiro atoms. The summed E-state index contributed by atoms with van der Waals surface area (Å²) < 4.78 is 17.7. The van der Waals surface area contributed by atoms with E-state index in [2.05, 4.69) is 70.6 Å². The van der Waals surface area contributed by atoms with Crippen molar-refractivity contribution in [1.29, 1.82) is 0 Å². The van der Waals surface area contributed by atoms with Crippen molar-refractivity contribution >= 4 is 17.5 Å². The van der Waals surface area contributed by atoms with Crippen LogP contribution < -0.4 is 29.7 Å². The molecule has 56 heavy (non-hydrogen) atoms. The number of ether oxygens (including phenoxy) is 3. The van der Waals surface area contributed by atoms with E-state index in [-0.39, 0.29) is 6.61 Å². The van der Waals surface area contributed by atoms with Gasteiger partial charge in [-0.05, 0) is 74.3 Å². The molecule has 0 amide bonds. The van der Waals surface area contributed by atoms with Gasteiger partial charge in [-0.25, -0.2) is 24.9 Å². The molecule has 1 fully saturated rings. The zero-order chi connectivity index (χ0) is 38.7. The van der Waals surface area contributed by atoms with E-state index in [9.17, 15) is 0 Å². The molecule has 13 heteroatoms. The summed E-state index contributed by atoms with van der Waals surface area (Å²) in [7, 11) is 5.51. The summed E-state index contributed by atoms with van der Waals surface area (Å²) in [5.41, 5.74) is 7.44. The molecule has 5 heterocycles. The van der Waals surface area contributed by atoms with Gasteiger partial charge in [0.05, 0.1) is 31.3 Å². The zero-order valence-electron chi connectivity index (χ0n) is 32.4. The lowest BCUT2D eigenvalue weighted by Crippen LogP contribution is -2.44. The fraction of sp³-hybridized carbons (Fsp3) is 0.302. The number of rotatable bonds is 16. The Morgan fingerprint density at radius 1 is 0.661 bits per heavy atom. The van der Waals surface area contributed by atoms with Gasteiger partial charge >= 0.3 is 0 Å². The van der Waals surface area contributed by atoms with Gasteiger partial charge < -0.3 is 34.6 Å². The second kappa shape index (κ2) is 18.3. The Bertz CT molecular complexity index is 2210. The van der Waals surface area contributed by atoms with Crippen molar-refractivity contribution in [3.63, 3.8) is 0 Å². The predicted octanol–water partition coefficient (Wildman–Crippen LogP) is 6.36. The lowest BCUT2D eigenvalue weighted by atomic mass is 10.1. The monoisotopic (exact) mass is 752 g/mol. The molecule has 288 valence electrons. The van der Waals surface area contributed by atoms with Crippen molar-refractivity contribution in [1.82, 2.24) is 34.8 Å². The van der Waals surface area contributed by atoms with Gasteiger partial charge in [-0.2, -0.15) is 0 Å². The maximum Gasteiger partial charge on any atom is 0.130 e. The number of para-hydroxylation sites is 1. The normalized spacial score (nSPS) is 13.0. The lowest BCUT2D eigenvalue weighted by molar-refractivity contribution is 0.295. The van der Waals surface area contributed by atoms with Crippen LogP contribution >= 0.6 is 0 Å². The molecular weight excluding hydrogens is 705 g/mol. The SMILES string of the molecule is COc1ccc(CCNc2cc(-c3ccc(C)nc3)ncn2)c(OCc2cc(-c3cc(NCCc4ccccc4OC)ncn3)cc(N3CCN(C)CC3)n2)c1. The number of likely N-dealkylation sites (N-methyl/N-ethyl adjacent to an activating group) is 1. The van der Waals surface area contributed by atoms with Crippen molar-refractivity contribution in [3.05, 3.63) is 120 Å². The molecule has 4 aromatic heterocycles. The van der Waals surface area contributed by atoms with E-state index in [1.54, 1.807) is 26.9 Å². The summed E-state index contributed by atoms with van der Waals surface area (Å²) in [4.78, 5) is 32.2. The van der Waals surface area contributed by atoms with Crippen LogP contribution in [0.15, 0.2) is 97.7 Å². The largest absolute Gasteiger partial charge is 0.497 e. The van der Waals surface area contributed by atoms with E-state index in [1.165, 1.54) is 0 Å². The molecule has 2 N–H and O–H groups in total. The molecule has 0 unspecified atom stereocenters. The number of aryl methyl sites for hydroxylation is 1. The third-order valence-corrected chi connectivity index (χ3v) is 9.77. The van der Waals surface area contributed by atoms with Gasteiger partial charge in [-0.15, -0.1) is 0 Å². The highest BCUT2D eigenvalue weighted by molar-refractivity contribution is 5.66. The molecule has 1 aliphatic rings. The molecular formula is C43H48N10O3. The van der Waals surface area contributed by atoms with Crippen LogP contribution in [0.2, 0.25) is 0 Å². The lowest BCUT2D eigenvalue weighted by Gasteiger charge is -2.33. The van der Waals surface area contributed by atoms with Crippen LogP contribution in [0.5, 0.6) is 17.2 Å². The Labute approximate surface area is 328 Å². The van der Waals surface area contributed by atoms with Gasteiger partial charge in [0.2, 0.25) is 0 Å². The van der Waals surface area contributed by atoms with E-state index < -0.39 is 0 Å². The van der Waals surface area contributed by atoms with E-state index in [0.29, 0.717) is 19.5 Å². The van der Waals surface area contributed by atoms with Gasteiger partial charge in [0.1, 0.15) is 54.0 Å². The summed E-state index contributed by atoms with van der Waals surface area (Å²) in [5.74, 6) is 4.72. The van der Waals surface area contributed by atoms with E-state index in [1.807, 2.05) is 73.8 Å². The van der Waals surface area contributed by atoms with Gasteiger partial charge in [-0.3, -0.25) is 4.98 Å². The van der Waals surface area contributed by atoms with Crippen LogP contribution in [0.4, 0.5) is 17.5 Å². The second-order valence-corrected chi connectivity index (χ2v) is 13.7. The fourth-order valence-corrected chi connectivity index (χ4v) is 6.55. The third kappa shape index (κ3) is 9.85. The maximum absolute atomic E-state index is 6.56. The number of methoxy groups -OCH3 is 2. The Morgan fingerprint density at radius 3 is 2.04 bits per heavy atom. The van der Waals surface area contributed by atoms with E-state index in [4.69, 9.17) is 19.2 Å². The number of nitrogens with one attached hydrogen (secondary N) is 2. The minimum absolute atomic E-state index is 0.261. The number of anilines is 3. The van der Waals surface area contributed by atoms with Crippen LogP contribution in [-0.4, -0.2) is 95.3 Å². The number of hydrogen-bond acceptors (Lipinski definition) is 13. The molecule has 0 aliphatic carbocycles. The molecule has 2 aromatic carbocycles. The van der Waals surface area contributed by atoms with Crippen LogP contribution in [0.25, 0.3) is 22.5 Å². The first-order chi connectivity index (χ1) is 27.4. The Kier molecular flexibility index (Phi) is 12.4. The smallest absolute Gasteiger partial charge is 0.130 e. The average molecular weight is 753 g/mol. The third-order valence-electron chi connectivity index (χ3n) is 9.77. The van der Waals surface area contributed by atoms with E-state index in [0.717, 1.165) is 112 Å². The molecule has 13 nitrogen and oxygen atoms in total. The number of benzene rings is 2. The Morgan fingerprint density at radius 2 is 1.36 bits per heavy atom. The molecule has 6 aromatic rings. The van der Waals surface area contributed by atoms with Gasteiger partial charge in [0.15, 0.2) is 0 Å². The van der Waals surface area contributed by atoms with Crippen molar-refractivity contribution < 1.29 is 14.2 Å². The fourth-order valence-electron chi connectivity index (χ4n) is 6.55. The van der Waals surface area contributed by atoms with Gasteiger partial charge in [0, 0.05) is 80.5 Å². The Hall–Kier alpha value is -6.34. The molecule has 0 atom stereocenters. The Balaban J connectivity index is 1.07. The number of piperazine rings is 1. The van der Waals surface area contributed by atoms with Crippen molar-refractivity contribution in [2.45, 2.75) is 26.4 Å². The maximum atomic E-state index is 6.56. The van der Waals surface area contributed by atoms with Gasteiger partial charge in [0.25, 0.3) is 0 Å². The van der Waals surface area contributed by atoms with Crippen LogP contribution in [0, 0.1) is 6.92 Å². The summed E-state index contributed by atoms with van der Waals surface area (Å²) in [6, 6.07) is 26.1. The van der Waals surface area contributed by atoms with Crippen molar-refractivity contribution in [2.24, 2.45) is 0 Å². The summed E-state index contributed by atoms with van der Waals surface area (Å²) >= 11 is 0. The van der Waals surface area contributed by atoms with Crippen molar-refractivity contribution in [3.8, 4) is 39.8 Å². The molecule has 0 bridgehead atoms. The number of nitrogens with zero attached hydrogens (tertiary/aromatic N) is 8. The minimum Gasteiger partial charge on any atom is -0.497 e. The first-order valence-corrected chi connectivity index (χ1v) is 18.9. The first-order valence-electron chi connectivity index (χ1n) is 18.9.